The predicted molar refractivity (Wildman–Crippen MR) is 108 cm³/mol. The minimum atomic E-state index is -4.30. The summed E-state index contributed by atoms with van der Waals surface area (Å²) in [5.41, 5.74) is 1.33. The second kappa shape index (κ2) is 9.47. The van der Waals surface area contributed by atoms with Gasteiger partial charge in [-0.2, -0.15) is 18.3 Å². The van der Waals surface area contributed by atoms with Crippen LogP contribution in [-0.4, -0.2) is 64.9 Å². The smallest absolute Gasteiger partial charge is 0.314 e. The number of nitrogens with one attached hydrogen (secondary N) is 1. The van der Waals surface area contributed by atoms with Gasteiger partial charge in [0, 0.05) is 63.6 Å². The number of piperazine rings is 1. The van der Waals surface area contributed by atoms with Crippen molar-refractivity contribution in [3.63, 3.8) is 0 Å². The Bertz CT molecular complexity index is 771. The van der Waals surface area contributed by atoms with Crippen molar-refractivity contribution >= 4 is 12.4 Å². The number of hydrogen-bond donors (Lipinski definition) is 1. The molecule has 5 nitrogen and oxygen atoms in total. The van der Waals surface area contributed by atoms with Crippen molar-refractivity contribution in [3.8, 4) is 0 Å². The lowest BCUT2D eigenvalue weighted by Crippen LogP contribution is -2.49. The summed E-state index contributed by atoms with van der Waals surface area (Å²) >= 11 is 0. The van der Waals surface area contributed by atoms with Gasteiger partial charge in [0.05, 0.1) is 18.3 Å². The van der Waals surface area contributed by atoms with Crippen LogP contribution in [0.1, 0.15) is 23.1 Å². The van der Waals surface area contributed by atoms with E-state index in [4.69, 9.17) is 0 Å². The molecule has 160 valence electrons. The molecule has 0 amide bonds. The molecule has 0 spiro atoms. The van der Waals surface area contributed by atoms with E-state index >= 15 is 0 Å². The molecule has 9 heteroatoms. The van der Waals surface area contributed by atoms with Crippen molar-refractivity contribution < 1.29 is 13.2 Å². The lowest BCUT2D eigenvalue weighted by atomic mass is 10.1. The molecule has 2 aliphatic rings. The molecule has 2 saturated heterocycles. The molecule has 1 N–H and O–H groups in total. The summed E-state index contributed by atoms with van der Waals surface area (Å²) in [7, 11) is 0. The van der Waals surface area contributed by atoms with Gasteiger partial charge in [-0.3, -0.25) is 14.5 Å². The molecule has 29 heavy (non-hydrogen) atoms. The Morgan fingerprint density at radius 1 is 1.00 bits per heavy atom. The minimum absolute atomic E-state index is 0. The maximum absolute atomic E-state index is 12.7. The summed E-state index contributed by atoms with van der Waals surface area (Å²) in [6, 6.07) is 5.93. The molecular weight excluding hydrogens is 403 g/mol. The lowest BCUT2D eigenvalue weighted by Gasteiger charge is -2.32. The van der Waals surface area contributed by atoms with Gasteiger partial charge in [-0.1, -0.05) is 12.1 Å². The lowest BCUT2D eigenvalue weighted by molar-refractivity contribution is -0.137. The molecule has 0 radical (unpaired) electrons. The fourth-order valence-corrected chi connectivity index (χ4v) is 4.12. The Morgan fingerprint density at radius 3 is 2.41 bits per heavy atom. The molecule has 2 aromatic rings. The molecule has 4 rings (SSSR count). The third-order valence-electron chi connectivity index (χ3n) is 5.63. The molecule has 2 aliphatic heterocycles. The Morgan fingerprint density at radius 2 is 1.72 bits per heavy atom. The van der Waals surface area contributed by atoms with Crippen LogP contribution in [0.25, 0.3) is 0 Å². The van der Waals surface area contributed by atoms with E-state index in [9.17, 15) is 13.2 Å². The number of rotatable bonds is 5. The number of alkyl halides is 3. The van der Waals surface area contributed by atoms with Gasteiger partial charge in [0.15, 0.2) is 0 Å². The number of hydrogen-bond acceptors (Lipinski definition) is 4. The van der Waals surface area contributed by atoms with Gasteiger partial charge in [-0.05, 0) is 24.1 Å². The number of halogens is 4. The summed E-state index contributed by atoms with van der Waals surface area (Å²) in [5.74, 6) is 0. The molecule has 0 bridgehead atoms. The van der Waals surface area contributed by atoms with E-state index < -0.39 is 11.7 Å². The van der Waals surface area contributed by atoms with E-state index in [0.29, 0.717) is 12.6 Å². The highest BCUT2D eigenvalue weighted by molar-refractivity contribution is 5.85. The Labute approximate surface area is 175 Å². The fourth-order valence-electron chi connectivity index (χ4n) is 4.12. The number of aromatic nitrogens is 2. The van der Waals surface area contributed by atoms with Crippen LogP contribution in [0, 0.1) is 0 Å². The van der Waals surface area contributed by atoms with Gasteiger partial charge < -0.3 is 5.32 Å². The summed E-state index contributed by atoms with van der Waals surface area (Å²) in [6.45, 7) is 7.94. The molecule has 1 unspecified atom stereocenters. The fraction of sp³-hybridized carbons (Fsp3) is 0.550. The average Bonchev–Trinajstić information content (AvgIpc) is 3.32. The van der Waals surface area contributed by atoms with Crippen molar-refractivity contribution in [2.75, 3.05) is 39.3 Å². The van der Waals surface area contributed by atoms with Crippen LogP contribution >= 0.6 is 12.4 Å². The van der Waals surface area contributed by atoms with Crippen LogP contribution in [-0.2, 0) is 19.3 Å². The normalized spacial score (nSPS) is 21.3. The number of likely N-dealkylation sites (tertiary alicyclic amines) is 1. The molecule has 1 aromatic carbocycles. The first kappa shape index (κ1) is 22.1. The van der Waals surface area contributed by atoms with Gasteiger partial charge in [0.2, 0.25) is 0 Å². The van der Waals surface area contributed by atoms with Crippen LogP contribution in [0.4, 0.5) is 13.2 Å². The monoisotopic (exact) mass is 429 g/mol. The van der Waals surface area contributed by atoms with Crippen LogP contribution in [0.15, 0.2) is 36.7 Å². The van der Waals surface area contributed by atoms with Crippen molar-refractivity contribution in [2.24, 2.45) is 0 Å². The van der Waals surface area contributed by atoms with Crippen LogP contribution in [0.5, 0.6) is 0 Å². The molecule has 0 saturated carbocycles. The Balaban J connectivity index is 0.00000240. The Hall–Kier alpha value is -1.61. The molecule has 1 atom stereocenters. The first-order chi connectivity index (χ1) is 13.5. The SMILES string of the molecule is Cl.FC(F)(F)c1ccc(Cn2cc(CN3CCC(N4CCNCC4)C3)cn2)cc1. The van der Waals surface area contributed by atoms with Gasteiger partial charge in [0.1, 0.15) is 0 Å². The second-order valence-electron chi connectivity index (χ2n) is 7.70. The summed E-state index contributed by atoms with van der Waals surface area (Å²) < 4.78 is 39.8. The molecule has 3 heterocycles. The van der Waals surface area contributed by atoms with E-state index in [2.05, 4.69) is 20.2 Å². The van der Waals surface area contributed by atoms with E-state index in [1.807, 2.05) is 12.4 Å². The van der Waals surface area contributed by atoms with Crippen LogP contribution in [0.2, 0.25) is 0 Å². The zero-order valence-electron chi connectivity index (χ0n) is 16.2. The zero-order chi connectivity index (χ0) is 19.6. The minimum Gasteiger partial charge on any atom is -0.314 e. The predicted octanol–water partition coefficient (Wildman–Crippen LogP) is 2.85. The van der Waals surface area contributed by atoms with E-state index in [-0.39, 0.29) is 12.4 Å². The largest absolute Gasteiger partial charge is 0.416 e. The Kier molecular flexibility index (Phi) is 7.21. The summed E-state index contributed by atoms with van der Waals surface area (Å²) in [5, 5.41) is 7.78. The first-order valence-corrected chi connectivity index (χ1v) is 9.82. The molecular formula is C20H27ClF3N5. The van der Waals surface area contributed by atoms with E-state index in [0.717, 1.165) is 69.1 Å². The van der Waals surface area contributed by atoms with Gasteiger partial charge in [0.25, 0.3) is 0 Å². The van der Waals surface area contributed by atoms with Crippen molar-refractivity contribution in [3.05, 3.63) is 53.3 Å². The van der Waals surface area contributed by atoms with Crippen molar-refractivity contribution in [1.29, 1.82) is 0 Å². The quantitative estimate of drug-likeness (QED) is 0.793. The van der Waals surface area contributed by atoms with Crippen LogP contribution < -0.4 is 5.32 Å². The van der Waals surface area contributed by atoms with Crippen molar-refractivity contribution in [2.45, 2.75) is 31.7 Å². The highest BCUT2D eigenvalue weighted by Gasteiger charge is 2.30. The standard InChI is InChI=1S/C20H26F3N5.ClH/c21-20(22,23)18-3-1-16(2-4-18)13-28-14-17(11-25-28)12-26-8-5-19(15-26)27-9-6-24-7-10-27;/h1-4,11,14,19,24H,5-10,12-13,15H2;1H. The topological polar surface area (TPSA) is 36.3 Å². The molecule has 0 aliphatic carbocycles. The van der Waals surface area contributed by atoms with Gasteiger partial charge in [-0.15, -0.1) is 12.4 Å². The van der Waals surface area contributed by atoms with Gasteiger partial charge in [-0.25, -0.2) is 0 Å². The average molecular weight is 430 g/mol. The van der Waals surface area contributed by atoms with Crippen LogP contribution in [0.3, 0.4) is 0 Å². The highest BCUT2D eigenvalue weighted by atomic mass is 35.5. The molecule has 2 fully saturated rings. The molecule has 1 aromatic heterocycles. The van der Waals surface area contributed by atoms with Crippen molar-refractivity contribution in [1.82, 2.24) is 24.9 Å². The van der Waals surface area contributed by atoms with E-state index in [1.165, 1.54) is 18.6 Å². The summed E-state index contributed by atoms with van der Waals surface area (Å²) in [6.07, 6.45) is 0.771. The maximum atomic E-state index is 12.7. The maximum Gasteiger partial charge on any atom is 0.416 e. The summed E-state index contributed by atoms with van der Waals surface area (Å²) in [4.78, 5) is 5.05. The highest BCUT2D eigenvalue weighted by Crippen LogP contribution is 2.29. The first-order valence-electron chi connectivity index (χ1n) is 9.82. The zero-order valence-corrected chi connectivity index (χ0v) is 17.1. The third kappa shape index (κ3) is 5.72. The van der Waals surface area contributed by atoms with E-state index in [1.54, 1.807) is 4.68 Å². The second-order valence-corrected chi connectivity index (χ2v) is 7.70. The third-order valence-corrected chi connectivity index (χ3v) is 5.63. The number of benzene rings is 1. The number of nitrogens with zero attached hydrogens (tertiary/aromatic N) is 4. The van der Waals surface area contributed by atoms with Gasteiger partial charge >= 0.3 is 6.18 Å².